The highest BCUT2D eigenvalue weighted by molar-refractivity contribution is 5.78. The van der Waals surface area contributed by atoms with Crippen LogP contribution in [0.5, 0.6) is 0 Å². The molecule has 1 saturated heterocycles. The average molecular weight is 246 g/mol. The first-order valence-electron chi connectivity index (χ1n) is 6.71. The monoisotopic (exact) mass is 246 g/mol. The molecule has 0 radical (unpaired) electrons. The quantitative estimate of drug-likeness (QED) is 0.607. The predicted molar refractivity (Wildman–Crippen MR) is 67.4 cm³/mol. The summed E-state index contributed by atoms with van der Waals surface area (Å²) in [6.07, 6.45) is 3.13. The van der Waals surface area contributed by atoms with Gasteiger partial charge in [-0.15, -0.1) is 0 Å². The summed E-state index contributed by atoms with van der Waals surface area (Å²) in [5, 5.41) is 0. The molecule has 1 aromatic rings. The van der Waals surface area contributed by atoms with Gasteiger partial charge in [0.2, 0.25) is 0 Å². The van der Waals surface area contributed by atoms with E-state index in [1.54, 1.807) is 0 Å². The van der Waals surface area contributed by atoms with Crippen LogP contribution < -0.4 is 0 Å². The Morgan fingerprint density at radius 1 is 1.44 bits per heavy atom. The highest BCUT2D eigenvalue weighted by atomic mass is 16.6. The Morgan fingerprint density at radius 2 is 2.28 bits per heavy atom. The summed E-state index contributed by atoms with van der Waals surface area (Å²) in [7, 11) is 0. The number of hydrogen-bond acceptors (Lipinski definition) is 3. The van der Waals surface area contributed by atoms with E-state index < -0.39 is 0 Å². The second kappa shape index (κ2) is 4.73. The van der Waals surface area contributed by atoms with Gasteiger partial charge in [-0.25, -0.2) is 4.79 Å². The highest BCUT2D eigenvalue weighted by Gasteiger charge is 2.51. The molecule has 1 aliphatic heterocycles. The summed E-state index contributed by atoms with van der Waals surface area (Å²) in [6.45, 7) is 2.25. The summed E-state index contributed by atoms with van der Waals surface area (Å²) in [5.74, 6) is 0.162. The van der Waals surface area contributed by atoms with Crippen LogP contribution in [0.4, 0.5) is 0 Å². The zero-order chi connectivity index (χ0) is 12.5. The van der Waals surface area contributed by atoms with Gasteiger partial charge in [0.25, 0.3) is 0 Å². The summed E-state index contributed by atoms with van der Waals surface area (Å²) in [5.41, 5.74) is 2.77. The molecule has 0 amide bonds. The summed E-state index contributed by atoms with van der Waals surface area (Å²) >= 11 is 0. The van der Waals surface area contributed by atoms with Crippen molar-refractivity contribution in [1.82, 2.24) is 0 Å². The fourth-order valence-electron chi connectivity index (χ4n) is 2.98. The van der Waals surface area contributed by atoms with Crippen molar-refractivity contribution in [3.8, 4) is 0 Å². The summed E-state index contributed by atoms with van der Waals surface area (Å²) in [6, 6.07) is 8.50. The lowest BCUT2D eigenvalue weighted by Gasteiger charge is -2.24. The Kier molecular flexibility index (Phi) is 3.08. The number of aryl methyl sites for hydroxylation is 1. The fourth-order valence-corrected chi connectivity index (χ4v) is 2.98. The van der Waals surface area contributed by atoms with E-state index in [4.69, 9.17) is 9.47 Å². The van der Waals surface area contributed by atoms with E-state index in [9.17, 15) is 4.79 Å². The van der Waals surface area contributed by atoms with Crippen molar-refractivity contribution in [3.63, 3.8) is 0 Å². The van der Waals surface area contributed by atoms with Gasteiger partial charge in [-0.1, -0.05) is 24.3 Å². The first-order valence-corrected chi connectivity index (χ1v) is 6.71. The van der Waals surface area contributed by atoms with Crippen molar-refractivity contribution >= 4 is 5.97 Å². The molecule has 3 atom stereocenters. The van der Waals surface area contributed by atoms with Crippen molar-refractivity contribution in [2.45, 2.75) is 44.3 Å². The minimum absolute atomic E-state index is 0.0329. The maximum absolute atomic E-state index is 11.6. The zero-order valence-corrected chi connectivity index (χ0v) is 10.6. The van der Waals surface area contributed by atoms with Crippen LogP contribution >= 0.6 is 0 Å². The zero-order valence-electron chi connectivity index (χ0n) is 10.6. The molecule has 0 aromatic heterocycles. The third-order valence-electron chi connectivity index (χ3n) is 3.86. The largest absolute Gasteiger partial charge is 0.464 e. The summed E-state index contributed by atoms with van der Waals surface area (Å²) in [4.78, 5) is 11.6. The maximum Gasteiger partial charge on any atom is 0.338 e. The lowest BCUT2D eigenvalue weighted by molar-refractivity contribution is -0.144. The standard InChI is InChI=1S/C15H18O3/c1-2-17-15(16)14-13(18-14)12-9-5-7-10-6-3-4-8-11(10)12/h3-4,6,8,12-14H,2,5,7,9H2,1H3/t12-,13+,14-/m1/s1. The van der Waals surface area contributed by atoms with Gasteiger partial charge in [0.15, 0.2) is 6.10 Å². The second-order valence-electron chi connectivity index (χ2n) is 4.97. The van der Waals surface area contributed by atoms with Crippen molar-refractivity contribution in [2.75, 3.05) is 6.61 Å². The molecule has 3 rings (SSSR count). The molecule has 0 bridgehead atoms. The van der Waals surface area contributed by atoms with Gasteiger partial charge in [0.05, 0.1) is 6.61 Å². The average Bonchev–Trinajstić information content (AvgIpc) is 3.18. The van der Waals surface area contributed by atoms with Gasteiger partial charge in [0, 0.05) is 5.92 Å². The molecule has 18 heavy (non-hydrogen) atoms. The molecule has 1 heterocycles. The van der Waals surface area contributed by atoms with E-state index in [1.807, 2.05) is 6.92 Å². The van der Waals surface area contributed by atoms with Crippen LogP contribution in [0.25, 0.3) is 0 Å². The van der Waals surface area contributed by atoms with E-state index in [0.29, 0.717) is 12.5 Å². The fraction of sp³-hybridized carbons (Fsp3) is 0.533. The lowest BCUT2D eigenvalue weighted by atomic mass is 9.80. The van der Waals surface area contributed by atoms with E-state index in [2.05, 4.69) is 24.3 Å². The Bertz CT molecular complexity index is 455. The number of benzene rings is 1. The molecule has 2 aliphatic rings. The van der Waals surface area contributed by atoms with Crippen molar-refractivity contribution in [3.05, 3.63) is 35.4 Å². The van der Waals surface area contributed by atoms with Crippen LogP contribution in [0.3, 0.4) is 0 Å². The van der Waals surface area contributed by atoms with Crippen molar-refractivity contribution < 1.29 is 14.3 Å². The molecule has 3 heteroatoms. The molecule has 96 valence electrons. The highest BCUT2D eigenvalue weighted by Crippen LogP contribution is 2.43. The van der Waals surface area contributed by atoms with Gasteiger partial charge in [-0.2, -0.15) is 0 Å². The molecule has 1 aromatic carbocycles. The number of carbonyl (C=O) groups is 1. The minimum Gasteiger partial charge on any atom is -0.464 e. The van der Waals surface area contributed by atoms with Gasteiger partial charge < -0.3 is 9.47 Å². The van der Waals surface area contributed by atoms with E-state index in [0.717, 1.165) is 12.8 Å². The Hall–Kier alpha value is -1.35. The molecule has 0 saturated carbocycles. The molecule has 1 fully saturated rings. The number of epoxide rings is 1. The molecular formula is C15H18O3. The van der Waals surface area contributed by atoms with E-state index in [1.165, 1.54) is 17.5 Å². The minimum atomic E-state index is -0.332. The van der Waals surface area contributed by atoms with Crippen molar-refractivity contribution in [2.24, 2.45) is 0 Å². The SMILES string of the molecule is CCOC(=O)[C@@H]1O[C@H]1[C@@H]1CCCc2ccccc21. The van der Waals surface area contributed by atoms with Crippen LogP contribution in [0, 0.1) is 0 Å². The first-order chi connectivity index (χ1) is 8.81. The number of rotatable bonds is 3. The van der Waals surface area contributed by atoms with Gasteiger partial charge in [0.1, 0.15) is 6.10 Å². The number of esters is 1. The first kappa shape index (κ1) is 11.7. The van der Waals surface area contributed by atoms with Crippen LogP contribution in [-0.4, -0.2) is 24.8 Å². The maximum atomic E-state index is 11.6. The van der Waals surface area contributed by atoms with E-state index >= 15 is 0 Å². The topological polar surface area (TPSA) is 38.8 Å². The Morgan fingerprint density at radius 3 is 3.11 bits per heavy atom. The van der Waals surface area contributed by atoms with Crippen LogP contribution in [0.2, 0.25) is 0 Å². The van der Waals surface area contributed by atoms with Gasteiger partial charge >= 0.3 is 5.97 Å². The second-order valence-corrected chi connectivity index (χ2v) is 4.97. The van der Waals surface area contributed by atoms with Gasteiger partial charge in [-0.05, 0) is 37.3 Å². The van der Waals surface area contributed by atoms with Crippen LogP contribution in [0.1, 0.15) is 36.8 Å². The lowest BCUT2D eigenvalue weighted by Crippen LogP contribution is -2.20. The molecule has 0 unspecified atom stereocenters. The smallest absolute Gasteiger partial charge is 0.338 e. The molecule has 1 aliphatic carbocycles. The Labute approximate surface area is 107 Å². The van der Waals surface area contributed by atoms with Crippen molar-refractivity contribution in [1.29, 1.82) is 0 Å². The number of hydrogen-bond donors (Lipinski definition) is 0. The number of fused-ring (bicyclic) bond motifs is 1. The van der Waals surface area contributed by atoms with E-state index in [-0.39, 0.29) is 18.2 Å². The molecule has 3 nitrogen and oxygen atoms in total. The summed E-state index contributed by atoms with van der Waals surface area (Å²) < 4.78 is 10.6. The number of carbonyl (C=O) groups excluding carboxylic acids is 1. The molecule has 0 spiro atoms. The Balaban J connectivity index is 1.74. The molecular weight excluding hydrogens is 228 g/mol. The normalized spacial score (nSPS) is 29.5. The van der Waals surface area contributed by atoms with Gasteiger partial charge in [-0.3, -0.25) is 0 Å². The third-order valence-corrected chi connectivity index (χ3v) is 3.86. The number of ether oxygens (including phenoxy) is 2. The van der Waals surface area contributed by atoms with Crippen LogP contribution in [0.15, 0.2) is 24.3 Å². The van der Waals surface area contributed by atoms with Crippen LogP contribution in [-0.2, 0) is 20.7 Å². The predicted octanol–water partition coefficient (Wildman–Crippen LogP) is 2.44. The molecule has 0 N–H and O–H groups in total. The third kappa shape index (κ3) is 2.03.